The Labute approximate surface area is 166 Å². The van der Waals surface area contributed by atoms with Gasteiger partial charge in [0.2, 0.25) is 0 Å². The molecular weight excluding hydrogens is 475 g/mol. The van der Waals surface area contributed by atoms with E-state index in [0.717, 1.165) is 6.33 Å². The second-order valence-electron chi connectivity index (χ2n) is 5.98. The van der Waals surface area contributed by atoms with Gasteiger partial charge >= 0.3 is 22.4 Å². The van der Waals surface area contributed by atoms with Gasteiger partial charge in [0, 0.05) is 0 Å². The van der Waals surface area contributed by atoms with E-state index in [9.17, 15) is 28.8 Å². The van der Waals surface area contributed by atoms with Gasteiger partial charge in [-0.15, -0.1) is 0 Å². The summed E-state index contributed by atoms with van der Waals surface area (Å²) in [6, 6.07) is 0. The van der Waals surface area contributed by atoms with Crippen LogP contribution in [0, 0.1) is 0 Å². The van der Waals surface area contributed by atoms with Gasteiger partial charge in [-0.25, -0.2) is 28.6 Å². The van der Waals surface area contributed by atoms with Crippen LogP contribution in [0.5, 0.6) is 0 Å². The fraction of sp³-hybridized carbons (Fsp3) is 0.500. The van der Waals surface area contributed by atoms with Gasteiger partial charge in [-0.2, -0.15) is 4.31 Å². The fourth-order valence-corrected chi connectivity index (χ4v) is 6.19. The smallest absolute Gasteiger partial charge is 0.387 e. The number of nitrogens with two attached hydrogens (primary N) is 1. The van der Waals surface area contributed by atoms with E-state index in [0.29, 0.717) is 0 Å². The van der Waals surface area contributed by atoms with Crippen LogP contribution in [0.25, 0.3) is 11.2 Å². The molecular formula is C10H16N5O12P3. The molecule has 6 atom stereocenters. The highest BCUT2D eigenvalue weighted by Gasteiger charge is 2.50. The van der Waals surface area contributed by atoms with Crippen molar-refractivity contribution in [3.8, 4) is 0 Å². The minimum atomic E-state index is -5.83. The van der Waals surface area contributed by atoms with Crippen molar-refractivity contribution in [2.75, 3.05) is 12.3 Å². The molecule has 17 nitrogen and oxygen atoms in total. The summed E-state index contributed by atoms with van der Waals surface area (Å²) in [6.07, 6.45) is -3.69. The molecule has 1 aliphatic heterocycles. The molecule has 1 fully saturated rings. The standard InChI is InChI=1S/C10H16N5O12P3/c11-8-5-9(13-2-12-8)15(3-14-5)10-7(17)6(16)4(26-10)1-25-29(21,22)27-30(23,24)28(18,19)20/h2-4,6-7,10,16-17H,1H2,(H,21,22)(H,23,24)(H2,11,12,13)(H2,18,19,20). The van der Waals surface area contributed by atoms with Crippen LogP contribution in [0.15, 0.2) is 12.7 Å². The van der Waals surface area contributed by atoms with Crippen LogP contribution in [0.4, 0.5) is 5.82 Å². The third kappa shape index (κ3) is 4.48. The third-order valence-corrected chi connectivity index (χ3v) is 9.38. The number of phosphoric ester groups is 1. The summed E-state index contributed by atoms with van der Waals surface area (Å²) < 4.78 is 48.6. The number of imidazole rings is 1. The van der Waals surface area contributed by atoms with Crippen LogP contribution < -0.4 is 5.73 Å². The van der Waals surface area contributed by atoms with E-state index >= 15 is 0 Å². The fourth-order valence-electron chi connectivity index (χ4n) is 2.53. The Morgan fingerprint density at radius 3 is 2.40 bits per heavy atom. The quantitative estimate of drug-likeness (QED) is 0.216. The zero-order valence-electron chi connectivity index (χ0n) is 14.5. The molecule has 3 heterocycles. The molecule has 0 aliphatic carbocycles. The molecule has 2 aromatic rings. The van der Waals surface area contributed by atoms with Crippen molar-refractivity contribution >= 4 is 39.4 Å². The number of aliphatic hydroxyl groups is 2. The normalized spacial score (nSPS) is 29.0. The lowest BCUT2D eigenvalue weighted by Crippen LogP contribution is -2.33. The van der Waals surface area contributed by atoms with Crippen molar-refractivity contribution in [2.45, 2.75) is 24.5 Å². The lowest BCUT2D eigenvalue weighted by Gasteiger charge is -2.19. The summed E-state index contributed by atoms with van der Waals surface area (Å²) in [6.45, 7) is -0.965. The minimum Gasteiger partial charge on any atom is -0.387 e. The van der Waals surface area contributed by atoms with E-state index in [4.69, 9.17) is 25.2 Å². The molecule has 1 aliphatic rings. The van der Waals surface area contributed by atoms with Gasteiger partial charge < -0.3 is 40.3 Å². The highest BCUT2D eigenvalue weighted by Crippen LogP contribution is 2.80. The van der Waals surface area contributed by atoms with E-state index in [-0.39, 0.29) is 17.0 Å². The first-order valence-electron chi connectivity index (χ1n) is 7.75. The molecule has 20 heteroatoms. The molecule has 2 aromatic heterocycles. The summed E-state index contributed by atoms with van der Waals surface area (Å²) in [4.78, 5) is 47.5. The minimum absolute atomic E-state index is 0.0449. The van der Waals surface area contributed by atoms with E-state index in [1.807, 2.05) is 0 Å². The van der Waals surface area contributed by atoms with Gasteiger partial charge in [0.1, 0.15) is 30.2 Å². The number of hydrogen-bond acceptors (Lipinski definition) is 12. The number of nitrogen functional groups attached to an aromatic ring is 1. The van der Waals surface area contributed by atoms with Crippen molar-refractivity contribution in [1.82, 2.24) is 19.5 Å². The Hall–Kier alpha value is -1.32. The Bertz CT molecular complexity index is 1090. The summed E-state index contributed by atoms with van der Waals surface area (Å²) in [5, 5.41) is 20.4. The van der Waals surface area contributed by atoms with Gasteiger partial charge in [-0.3, -0.25) is 9.09 Å². The highest BCUT2D eigenvalue weighted by molar-refractivity contribution is 8.27. The van der Waals surface area contributed by atoms with Crippen molar-refractivity contribution in [1.29, 1.82) is 0 Å². The summed E-state index contributed by atoms with van der Waals surface area (Å²) >= 11 is 0. The van der Waals surface area contributed by atoms with Crippen LogP contribution in [-0.4, -0.2) is 74.2 Å². The lowest BCUT2D eigenvalue weighted by molar-refractivity contribution is -0.0501. The maximum atomic E-state index is 11.7. The highest BCUT2D eigenvalue weighted by atomic mass is 32.1. The second-order valence-corrected chi connectivity index (χ2v) is 12.9. The largest absolute Gasteiger partial charge is 0.479 e. The van der Waals surface area contributed by atoms with E-state index < -0.39 is 53.5 Å². The van der Waals surface area contributed by atoms with Crippen LogP contribution >= 0.6 is 22.4 Å². The number of anilines is 1. The molecule has 8 N–H and O–H groups in total. The van der Waals surface area contributed by atoms with Crippen molar-refractivity contribution < 1.29 is 57.1 Å². The zero-order valence-corrected chi connectivity index (χ0v) is 17.2. The number of hydrogen-bond donors (Lipinski definition) is 7. The number of aromatic nitrogens is 4. The molecule has 0 saturated carbocycles. The third-order valence-electron chi connectivity index (χ3n) is 3.94. The van der Waals surface area contributed by atoms with Gasteiger partial charge in [0.25, 0.3) is 0 Å². The molecule has 0 bridgehead atoms. The predicted octanol–water partition coefficient (Wildman–Crippen LogP) is -1.56. The van der Waals surface area contributed by atoms with Crippen LogP contribution in [0.3, 0.4) is 0 Å². The van der Waals surface area contributed by atoms with Crippen molar-refractivity contribution in [3.63, 3.8) is 0 Å². The summed E-state index contributed by atoms with van der Waals surface area (Å²) in [5.41, 5.74) is 6.00. The Kier molecular flexibility index (Phi) is 6.21. The number of rotatable bonds is 7. The van der Waals surface area contributed by atoms with Crippen LogP contribution in [-0.2, 0) is 27.3 Å². The monoisotopic (exact) mass is 491 g/mol. The number of fused-ring (bicyclic) bond motifs is 1. The number of aliphatic hydroxyl groups excluding tert-OH is 2. The van der Waals surface area contributed by atoms with Crippen molar-refractivity contribution in [2.24, 2.45) is 0 Å². The van der Waals surface area contributed by atoms with E-state index in [1.165, 1.54) is 10.9 Å². The summed E-state index contributed by atoms with van der Waals surface area (Å²) in [7, 11) is -17.1. The first-order valence-corrected chi connectivity index (χ1v) is 13.1. The van der Waals surface area contributed by atoms with Gasteiger partial charge in [0.15, 0.2) is 17.7 Å². The summed E-state index contributed by atoms with van der Waals surface area (Å²) in [5.74, 6) is 0.0449. The first kappa shape index (κ1) is 23.3. The molecule has 0 spiro atoms. The van der Waals surface area contributed by atoms with E-state index in [1.54, 1.807) is 0 Å². The first-order chi connectivity index (χ1) is 13.7. The topological polar surface area (TPSA) is 270 Å². The molecule has 30 heavy (non-hydrogen) atoms. The molecule has 168 valence electrons. The number of nitrogens with zero attached hydrogens (tertiary/aromatic N) is 4. The molecule has 0 radical (unpaired) electrons. The maximum Gasteiger partial charge on any atom is 0.479 e. The number of phosphoric acid groups is 1. The maximum absolute atomic E-state index is 11.7. The van der Waals surface area contributed by atoms with Crippen LogP contribution in [0.2, 0.25) is 0 Å². The molecule has 0 amide bonds. The molecule has 1 saturated heterocycles. The number of ether oxygens (including phenoxy) is 1. The molecule has 3 rings (SSSR count). The molecule has 6 unspecified atom stereocenters. The van der Waals surface area contributed by atoms with Gasteiger partial charge in [0.05, 0.1) is 12.9 Å². The molecule has 0 aromatic carbocycles. The Morgan fingerprint density at radius 2 is 1.77 bits per heavy atom. The average molecular weight is 491 g/mol. The Balaban J connectivity index is 1.73. The zero-order chi connectivity index (χ0) is 22.5. The SMILES string of the molecule is Nc1ncnc2c1ncn2C1OC(COP(=O)(O)OP(=O)(O)P(=O)(O)O)C(O)C1O. The van der Waals surface area contributed by atoms with Gasteiger partial charge in [-0.05, 0) is 0 Å². The average Bonchev–Trinajstić information content (AvgIpc) is 3.15. The second kappa shape index (κ2) is 7.98. The van der Waals surface area contributed by atoms with E-state index in [2.05, 4.69) is 23.8 Å². The van der Waals surface area contributed by atoms with Crippen LogP contribution in [0.1, 0.15) is 6.23 Å². The lowest BCUT2D eigenvalue weighted by atomic mass is 10.1. The Morgan fingerprint density at radius 1 is 1.10 bits per heavy atom. The predicted molar refractivity (Wildman–Crippen MR) is 94.4 cm³/mol. The van der Waals surface area contributed by atoms with Gasteiger partial charge in [-0.1, -0.05) is 0 Å². The van der Waals surface area contributed by atoms with Crippen molar-refractivity contribution in [3.05, 3.63) is 12.7 Å².